The van der Waals surface area contributed by atoms with E-state index in [1.54, 1.807) is 12.1 Å². The second kappa shape index (κ2) is 6.09. The molecular formula is C11H5Cl4IN2. The van der Waals surface area contributed by atoms with E-state index in [1.807, 2.05) is 28.7 Å². The number of halogens is 5. The summed E-state index contributed by atoms with van der Waals surface area (Å²) < 4.78 is 0.647. The van der Waals surface area contributed by atoms with Gasteiger partial charge in [0, 0.05) is 6.42 Å². The van der Waals surface area contributed by atoms with Crippen LogP contribution in [0.25, 0.3) is 0 Å². The monoisotopic (exact) mass is 432 g/mol. The first-order valence-corrected chi connectivity index (χ1v) is 7.38. The van der Waals surface area contributed by atoms with E-state index in [2.05, 4.69) is 9.97 Å². The Labute approximate surface area is 138 Å². The highest BCUT2D eigenvalue weighted by Crippen LogP contribution is 2.26. The Bertz CT molecular complexity index is 581. The summed E-state index contributed by atoms with van der Waals surface area (Å²) in [6.07, 6.45) is 0.493. The van der Waals surface area contributed by atoms with Crippen molar-refractivity contribution in [2.24, 2.45) is 0 Å². The van der Waals surface area contributed by atoms with Crippen LogP contribution in [0.15, 0.2) is 18.2 Å². The SMILES string of the molecule is Clc1ccc(Cc2nc(Cl)c(I)c(Cl)n2)cc1Cl. The predicted octanol–water partition coefficient (Wildman–Crippen LogP) is 5.29. The highest BCUT2D eigenvalue weighted by Gasteiger charge is 2.10. The van der Waals surface area contributed by atoms with Gasteiger partial charge in [-0.25, -0.2) is 9.97 Å². The fourth-order valence-electron chi connectivity index (χ4n) is 1.35. The van der Waals surface area contributed by atoms with Gasteiger partial charge in [0.1, 0.15) is 16.1 Å². The van der Waals surface area contributed by atoms with Crippen LogP contribution in [0.5, 0.6) is 0 Å². The van der Waals surface area contributed by atoms with Gasteiger partial charge in [0.15, 0.2) is 0 Å². The summed E-state index contributed by atoms with van der Waals surface area (Å²) in [7, 11) is 0. The highest BCUT2D eigenvalue weighted by molar-refractivity contribution is 14.1. The Hall–Kier alpha value is 0.190. The van der Waals surface area contributed by atoms with Crippen molar-refractivity contribution in [1.82, 2.24) is 9.97 Å². The van der Waals surface area contributed by atoms with E-state index in [9.17, 15) is 0 Å². The van der Waals surface area contributed by atoms with Crippen molar-refractivity contribution in [2.75, 3.05) is 0 Å². The molecule has 0 unspecified atom stereocenters. The molecular weight excluding hydrogens is 429 g/mol. The molecule has 1 aromatic carbocycles. The van der Waals surface area contributed by atoms with Crippen LogP contribution < -0.4 is 0 Å². The third-order valence-electron chi connectivity index (χ3n) is 2.16. The average Bonchev–Trinajstić information content (AvgIpc) is 2.31. The number of rotatable bonds is 2. The van der Waals surface area contributed by atoms with Crippen LogP contribution in [0.1, 0.15) is 11.4 Å². The Morgan fingerprint density at radius 2 is 1.56 bits per heavy atom. The van der Waals surface area contributed by atoms with Crippen molar-refractivity contribution in [3.05, 3.63) is 53.5 Å². The third-order valence-corrected chi connectivity index (χ3v) is 5.11. The highest BCUT2D eigenvalue weighted by atomic mass is 127. The molecule has 2 rings (SSSR count). The fraction of sp³-hybridized carbons (Fsp3) is 0.0909. The molecule has 0 amide bonds. The molecule has 94 valence electrons. The minimum atomic E-state index is 0.352. The van der Waals surface area contributed by atoms with Crippen molar-refractivity contribution in [2.45, 2.75) is 6.42 Å². The Kier molecular flexibility index (Phi) is 4.94. The molecule has 7 heteroatoms. The molecule has 2 nitrogen and oxygen atoms in total. The van der Waals surface area contributed by atoms with Gasteiger partial charge in [-0.2, -0.15) is 0 Å². The second-order valence-electron chi connectivity index (χ2n) is 3.46. The van der Waals surface area contributed by atoms with Crippen LogP contribution in [0.3, 0.4) is 0 Å². The summed E-state index contributed by atoms with van der Waals surface area (Å²) in [4.78, 5) is 8.33. The van der Waals surface area contributed by atoms with Crippen molar-refractivity contribution in [3.63, 3.8) is 0 Å². The van der Waals surface area contributed by atoms with E-state index in [1.165, 1.54) is 0 Å². The largest absolute Gasteiger partial charge is 0.220 e. The maximum atomic E-state index is 5.95. The van der Waals surface area contributed by atoms with Crippen molar-refractivity contribution >= 4 is 69.0 Å². The molecule has 1 aromatic heterocycles. The standard InChI is InChI=1S/C11H5Cl4IN2/c12-6-2-1-5(3-7(6)13)4-8-17-10(14)9(16)11(15)18-8/h1-3H,4H2. The summed E-state index contributed by atoms with van der Waals surface area (Å²) in [6, 6.07) is 5.36. The Balaban J connectivity index is 2.31. The summed E-state index contributed by atoms with van der Waals surface area (Å²) in [5, 5.41) is 1.72. The number of nitrogens with zero attached hydrogens (tertiary/aromatic N) is 2. The van der Waals surface area contributed by atoms with E-state index in [0.29, 0.717) is 36.2 Å². The van der Waals surface area contributed by atoms with Crippen LogP contribution >= 0.6 is 69.0 Å². The number of aromatic nitrogens is 2. The molecule has 0 saturated carbocycles. The molecule has 0 aliphatic heterocycles. The molecule has 2 aromatic rings. The lowest BCUT2D eigenvalue weighted by Crippen LogP contribution is -1.99. The molecule has 18 heavy (non-hydrogen) atoms. The summed E-state index contributed by atoms with van der Waals surface area (Å²) >= 11 is 25.7. The zero-order chi connectivity index (χ0) is 13.3. The minimum absolute atomic E-state index is 0.352. The molecule has 0 saturated heterocycles. The lowest BCUT2D eigenvalue weighted by Gasteiger charge is -2.05. The Morgan fingerprint density at radius 1 is 0.944 bits per heavy atom. The molecule has 0 radical (unpaired) electrons. The second-order valence-corrected chi connectivity index (χ2v) is 6.07. The van der Waals surface area contributed by atoms with Crippen LogP contribution in [-0.4, -0.2) is 9.97 Å². The van der Waals surface area contributed by atoms with Crippen LogP contribution in [0.2, 0.25) is 20.4 Å². The maximum absolute atomic E-state index is 5.95. The van der Waals surface area contributed by atoms with E-state index in [0.717, 1.165) is 5.56 Å². The van der Waals surface area contributed by atoms with Gasteiger partial charge in [-0.1, -0.05) is 52.5 Å². The van der Waals surface area contributed by atoms with Gasteiger partial charge in [-0.15, -0.1) is 0 Å². The first kappa shape index (κ1) is 14.6. The van der Waals surface area contributed by atoms with E-state index >= 15 is 0 Å². The summed E-state index contributed by atoms with van der Waals surface area (Å²) in [5.74, 6) is 0.545. The quantitative estimate of drug-likeness (QED) is 0.475. The predicted molar refractivity (Wildman–Crippen MR) is 84.0 cm³/mol. The van der Waals surface area contributed by atoms with Crippen molar-refractivity contribution in [3.8, 4) is 0 Å². The van der Waals surface area contributed by atoms with Gasteiger partial charge < -0.3 is 0 Å². The van der Waals surface area contributed by atoms with Gasteiger partial charge in [-0.3, -0.25) is 0 Å². The smallest absolute Gasteiger partial charge is 0.147 e. The average molecular weight is 434 g/mol. The lowest BCUT2D eigenvalue weighted by atomic mass is 10.1. The number of benzene rings is 1. The Morgan fingerprint density at radius 3 is 2.11 bits per heavy atom. The van der Waals surface area contributed by atoms with Gasteiger partial charge in [-0.05, 0) is 40.3 Å². The molecule has 0 spiro atoms. The lowest BCUT2D eigenvalue weighted by molar-refractivity contribution is 0.962. The fourth-order valence-corrected chi connectivity index (χ4v) is 2.33. The number of hydrogen-bond acceptors (Lipinski definition) is 2. The summed E-state index contributed by atoms with van der Waals surface area (Å²) in [6.45, 7) is 0. The molecule has 0 N–H and O–H groups in total. The van der Waals surface area contributed by atoms with Crippen molar-refractivity contribution < 1.29 is 0 Å². The van der Waals surface area contributed by atoms with E-state index in [4.69, 9.17) is 46.4 Å². The van der Waals surface area contributed by atoms with Gasteiger partial charge >= 0.3 is 0 Å². The van der Waals surface area contributed by atoms with Crippen LogP contribution in [-0.2, 0) is 6.42 Å². The first-order chi connectivity index (χ1) is 8.47. The molecule has 0 aliphatic carbocycles. The summed E-state index contributed by atoms with van der Waals surface area (Å²) in [5.41, 5.74) is 0.942. The van der Waals surface area contributed by atoms with Gasteiger partial charge in [0.25, 0.3) is 0 Å². The topological polar surface area (TPSA) is 25.8 Å². The maximum Gasteiger partial charge on any atom is 0.147 e. The zero-order valence-corrected chi connectivity index (χ0v) is 13.9. The minimum Gasteiger partial charge on any atom is -0.220 e. The van der Waals surface area contributed by atoms with E-state index < -0.39 is 0 Å². The van der Waals surface area contributed by atoms with Gasteiger partial charge in [0.2, 0.25) is 0 Å². The molecule has 0 aliphatic rings. The zero-order valence-electron chi connectivity index (χ0n) is 8.72. The normalized spacial score (nSPS) is 10.7. The first-order valence-electron chi connectivity index (χ1n) is 4.78. The molecule has 0 fully saturated rings. The third kappa shape index (κ3) is 3.39. The van der Waals surface area contributed by atoms with Crippen molar-refractivity contribution in [1.29, 1.82) is 0 Å². The van der Waals surface area contributed by atoms with E-state index in [-0.39, 0.29) is 0 Å². The van der Waals surface area contributed by atoms with Crippen LogP contribution in [0.4, 0.5) is 0 Å². The van der Waals surface area contributed by atoms with Crippen LogP contribution in [0, 0.1) is 3.57 Å². The molecule has 0 atom stereocenters. The van der Waals surface area contributed by atoms with Gasteiger partial charge in [0.05, 0.1) is 13.6 Å². The molecule has 0 bridgehead atoms. The molecule has 1 heterocycles. The number of hydrogen-bond donors (Lipinski definition) is 0.